The van der Waals surface area contributed by atoms with Crippen molar-refractivity contribution in [1.29, 1.82) is 0 Å². The molecule has 57 heavy (non-hydrogen) atoms. The van der Waals surface area contributed by atoms with Crippen molar-refractivity contribution in [2.75, 3.05) is 0 Å². The first-order valence-corrected chi connectivity index (χ1v) is 19.1. The Kier molecular flexibility index (Phi) is 6.83. The zero-order chi connectivity index (χ0) is 37.5. The highest BCUT2D eigenvalue weighted by Crippen LogP contribution is 2.44. The van der Waals surface area contributed by atoms with Crippen molar-refractivity contribution >= 4 is 65.6 Å². The van der Waals surface area contributed by atoms with Crippen LogP contribution in [0.3, 0.4) is 0 Å². The van der Waals surface area contributed by atoms with Crippen LogP contribution >= 0.6 is 0 Å². The fourth-order valence-electron chi connectivity index (χ4n) is 8.62. The standard InChI is InChI=1S/C51H31N5O/c1-4-15-32(16-5-1)49-52-50(33-17-6-2-7-18-33)54-51(53-49)34-19-14-22-36(29-34)56-44-30-41-37-23-11-13-26-45(37)57-46(41)31-40(44)38-27-28-43-47(48(38)56)39-24-10-12-25-42(39)55(43)35-20-8-3-9-21-35/h1-31H. The molecule has 0 aliphatic heterocycles. The average Bonchev–Trinajstić information content (AvgIpc) is 3.93. The third-order valence-electron chi connectivity index (χ3n) is 11.1. The number of hydrogen-bond acceptors (Lipinski definition) is 4. The van der Waals surface area contributed by atoms with E-state index in [1.807, 2.05) is 72.8 Å². The summed E-state index contributed by atoms with van der Waals surface area (Å²) in [4.78, 5) is 15.1. The van der Waals surface area contributed by atoms with Gasteiger partial charge in [-0.25, -0.2) is 15.0 Å². The molecular weight excluding hydrogens is 699 g/mol. The van der Waals surface area contributed by atoms with Gasteiger partial charge in [0.15, 0.2) is 17.5 Å². The molecule has 0 radical (unpaired) electrons. The summed E-state index contributed by atoms with van der Waals surface area (Å²) >= 11 is 0. The molecule has 0 fully saturated rings. The zero-order valence-corrected chi connectivity index (χ0v) is 30.5. The summed E-state index contributed by atoms with van der Waals surface area (Å²) in [5.41, 5.74) is 11.2. The Bertz CT molecular complexity index is 3450. The molecule has 0 saturated heterocycles. The molecule has 0 aliphatic rings. The number of para-hydroxylation sites is 3. The van der Waals surface area contributed by atoms with Crippen molar-refractivity contribution in [2.45, 2.75) is 0 Å². The number of aromatic nitrogens is 5. The molecule has 0 spiro atoms. The lowest BCUT2D eigenvalue weighted by Crippen LogP contribution is -2.01. The van der Waals surface area contributed by atoms with Gasteiger partial charge in [0.05, 0.1) is 22.1 Å². The van der Waals surface area contributed by atoms with Crippen LogP contribution in [0.25, 0.3) is 111 Å². The minimum absolute atomic E-state index is 0.611. The molecule has 0 amide bonds. The number of hydrogen-bond donors (Lipinski definition) is 0. The molecule has 12 aromatic rings. The lowest BCUT2D eigenvalue weighted by atomic mass is 10.1. The largest absolute Gasteiger partial charge is 0.456 e. The quantitative estimate of drug-likeness (QED) is 0.177. The zero-order valence-electron chi connectivity index (χ0n) is 30.5. The third-order valence-corrected chi connectivity index (χ3v) is 11.1. The first kappa shape index (κ1) is 31.5. The number of furan rings is 1. The summed E-state index contributed by atoms with van der Waals surface area (Å²) in [5, 5.41) is 6.83. The number of fused-ring (bicyclic) bond motifs is 10. The predicted molar refractivity (Wildman–Crippen MR) is 232 cm³/mol. The van der Waals surface area contributed by atoms with Gasteiger partial charge in [-0.1, -0.05) is 133 Å². The van der Waals surface area contributed by atoms with Crippen molar-refractivity contribution in [2.24, 2.45) is 0 Å². The fraction of sp³-hybridized carbons (Fsp3) is 0. The molecule has 0 atom stereocenters. The molecule has 8 aromatic carbocycles. The lowest BCUT2D eigenvalue weighted by Gasteiger charge is -2.12. The van der Waals surface area contributed by atoms with E-state index in [2.05, 4.69) is 124 Å². The maximum atomic E-state index is 6.48. The van der Waals surface area contributed by atoms with Gasteiger partial charge in [0, 0.05) is 60.4 Å². The van der Waals surface area contributed by atoms with Crippen LogP contribution in [0.5, 0.6) is 0 Å². The SMILES string of the molecule is c1ccc(-c2nc(-c3ccccc3)nc(-c3cccc(-n4c5cc6c(cc5c5ccc7c(c8ccccc8n7-c7ccccc7)c54)oc4ccccc46)c3)n2)cc1. The summed E-state index contributed by atoms with van der Waals surface area (Å²) in [6.07, 6.45) is 0. The van der Waals surface area contributed by atoms with E-state index in [1.165, 1.54) is 10.8 Å². The minimum Gasteiger partial charge on any atom is -0.456 e. The molecule has 266 valence electrons. The molecule has 4 aromatic heterocycles. The molecular formula is C51H31N5O. The minimum atomic E-state index is 0.611. The van der Waals surface area contributed by atoms with E-state index in [0.717, 1.165) is 82.8 Å². The number of rotatable bonds is 5. The molecule has 0 saturated carbocycles. The van der Waals surface area contributed by atoms with Gasteiger partial charge in [0.2, 0.25) is 0 Å². The van der Waals surface area contributed by atoms with Crippen LogP contribution in [-0.4, -0.2) is 24.1 Å². The van der Waals surface area contributed by atoms with E-state index in [-0.39, 0.29) is 0 Å². The van der Waals surface area contributed by atoms with Crippen molar-refractivity contribution in [3.63, 3.8) is 0 Å². The predicted octanol–water partition coefficient (Wildman–Crippen LogP) is 13.0. The van der Waals surface area contributed by atoms with Crippen LogP contribution in [0, 0.1) is 0 Å². The Morgan fingerprint density at radius 3 is 1.67 bits per heavy atom. The number of nitrogens with zero attached hydrogens (tertiary/aromatic N) is 5. The topological polar surface area (TPSA) is 61.7 Å². The van der Waals surface area contributed by atoms with E-state index in [0.29, 0.717) is 17.5 Å². The van der Waals surface area contributed by atoms with E-state index in [1.54, 1.807) is 0 Å². The molecule has 6 nitrogen and oxygen atoms in total. The summed E-state index contributed by atoms with van der Waals surface area (Å²) in [6, 6.07) is 65.5. The van der Waals surface area contributed by atoms with E-state index >= 15 is 0 Å². The van der Waals surface area contributed by atoms with Crippen LogP contribution in [0.15, 0.2) is 192 Å². The third kappa shape index (κ3) is 4.87. The van der Waals surface area contributed by atoms with Crippen molar-refractivity contribution in [1.82, 2.24) is 24.1 Å². The second-order valence-electron chi connectivity index (χ2n) is 14.4. The molecule has 12 rings (SSSR count). The Morgan fingerprint density at radius 2 is 0.930 bits per heavy atom. The molecule has 6 heteroatoms. The maximum absolute atomic E-state index is 6.48. The summed E-state index contributed by atoms with van der Waals surface area (Å²) in [5.74, 6) is 1.87. The molecule has 0 bridgehead atoms. The van der Waals surface area contributed by atoms with Gasteiger partial charge in [-0.3, -0.25) is 0 Å². The van der Waals surface area contributed by atoms with Crippen LogP contribution in [0.4, 0.5) is 0 Å². The summed E-state index contributed by atoms with van der Waals surface area (Å²) in [7, 11) is 0. The van der Waals surface area contributed by atoms with Gasteiger partial charge < -0.3 is 13.6 Å². The average molecular weight is 730 g/mol. The highest BCUT2D eigenvalue weighted by Gasteiger charge is 2.23. The van der Waals surface area contributed by atoms with Crippen LogP contribution in [-0.2, 0) is 0 Å². The smallest absolute Gasteiger partial charge is 0.164 e. The van der Waals surface area contributed by atoms with E-state index < -0.39 is 0 Å². The summed E-state index contributed by atoms with van der Waals surface area (Å²) < 4.78 is 11.3. The monoisotopic (exact) mass is 729 g/mol. The molecule has 0 aliphatic carbocycles. The Morgan fingerprint density at radius 1 is 0.333 bits per heavy atom. The lowest BCUT2D eigenvalue weighted by molar-refractivity contribution is 0.669. The Hall–Kier alpha value is -7.83. The van der Waals surface area contributed by atoms with Crippen molar-refractivity contribution < 1.29 is 4.42 Å². The second-order valence-corrected chi connectivity index (χ2v) is 14.4. The Balaban J connectivity index is 1.18. The van der Waals surface area contributed by atoms with Crippen LogP contribution < -0.4 is 0 Å². The van der Waals surface area contributed by atoms with Crippen molar-refractivity contribution in [3.8, 4) is 45.5 Å². The summed E-state index contributed by atoms with van der Waals surface area (Å²) in [6.45, 7) is 0. The second kappa shape index (κ2) is 12.3. The van der Waals surface area contributed by atoms with Crippen molar-refractivity contribution in [3.05, 3.63) is 188 Å². The first-order valence-electron chi connectivity index (χ1n) is 19.1. The number of benzene rings is 8. The van der Waals surface area contributed by atoms with E-state index in [9.17, 15) is 0 Å². The van der Waals surface area contributed by atoms with E-state index in [4.69, 9.17) is 19.4 Å². The first-order chi connectivity index (χ1) is 28.3. The molecule has 0 N–H and O–H groups in total. The molecule has 0 unspecified atom stereocenters. The maximum Gasteiger partial charge on any atom is 0.164 e. The highest BCUT2D eigenvalue weighted by molar-refractivity contribution is 6.27. The van der Waals surface area contributed by atoms with Crippen LogP contribution in [0.2, 0.25) is 0 Å². The van der Waals surface area contributed by atoms with Gasteiger partial charge in [-0.2, -0.15) is 0 Å². The Labute approximate surface area is 326 Å². The van der Waals surface area contributed by atoms with Gasteiger partial charge >= 0.3 is 0 Å². The fourth-order valence-corrected chi connectivity index (χ4v) is 8.62. The highest BCUT2D eigenvalue weighted by atomic mass is 16.3. The van der Waals surface area contributed by atoms with Gasteiger partial charge in [-0.05, 0) is 54.6 Å². The normalized spacial score (nSPS) is 11.9. The van der Waals surface area contributed by atoms with Gasteiger partial charge in [0.1, 0.15) is 11.2 Å². The van der Waals surface area contributed by atoms with Crippen LogP contribution in [0.1, 0.15) is 0 Å². The molecule has 4 heterocycles. The van der Waals surface area contributed by atoms with Gasteiger partial charge in [0.25, 0.3) is 0 Å². The van der Waals surface area contributed by atoms with Gasteiger partial charge in [-0.15, -0.1) is 0 Å².